The molecule has 18 heavy (non-hydrogen) atoms. The van der Waals surface area contributed by atoms with Crippen LogP contribution >= 0.6 is 0 Å². The van der Waals surface area contributed by atoms with Crippen LogP contribution in [0.3, 0.4) is 0 Å². The van der Waals surface area contributed by atoms with E-state index in [-0.39, 0.29) is 31.0 Å². The second-order valence-corrected chi connectivity index (χ2v) is 4.20. The maximum absolute atomic E-state index is 11.7. The van der Waals surface area contributed by atoms with Crippen molar-refractivity contribution in [1.82, 2.24) is 10.6 Å². The molecule has 0 fully saturated rings. The summed E-state index contributed by atoms with van der Waals surface area (Å²) in [5.41, 5.74) is 1.59. The lowest BCUT2D eigenvalue weighted by molar-refractivity contribution is -0.121. The molecule has 98 valence electrons. The van der Waals surface area contributed by atoms with Crippen molar-refractivity contribution < 1.29 is 14.7 Å². The highest BCUT2D eigenvalue weighted by molar-refractivity contribution is 5.96. The molecular formula is C13H18N2O3. The van der Waals surface area contributed by atoms with Gasteiger partial charge in [0.05, 0.1) is 13.2 Å². The Kier molecular flexibility index (Phi) is 5.32. The van der Waals surface area contributed by atoms with Gasteiger partial charge < -0.3 is 15.7 Å². The van der Waals surface area contributed by atoms with E-state index in [1.807, 2.05) is 19.1 Å². The van der Waals surface area contributed by atoms with Crippen molar-refractivity contribution in [3.63, 3.8) is 0 Å². The van der Waals surface area contributed by atoms with Crippen molar-refractivity contribution >= 4 is 11.8 Å². The first kappa shape index (κ1) is 14.2. The first-order valence-electron chi connectivity index (χ1n) is 5.78. The van der Waals surface area contributed by atoms with Crippen LogP contribution in [0.5, 0.6) is 0 Å². The number of hydrogen-bond acceptors (Lipinski definition) is 3. The Morgan fingerprint density at radius 2 is 1.89 bits per heavy atom. The standard InChI is InChI=1S/C13H18N2O3/c1-9-3-5-11(6-4-9)13(18)14-7-12(17)15-10(2)8-16/h3-6,10,16H,7-8H2,1-2H3,(H,14,18)(H,15,17). The molecule has 0 aliphatic carbocycles. The van der Waals surface area contributed by atoms with Gasteiger partial charge in [0.2, 0.25) is 5.91 Å². The van der Waals surface area contributed by atoms with E-state index in [0.29, 0.717) is 5.56 Å². The molecule has 0 aliphatic heterocycles. The van der Waals surface area contributed by atoms with Crippen LogP contribution in [0.15, 0.2) is 24.3 Å². The fraction of sp³-hybridized carbons (Fsp3) is 0.385. The lowest BCUT2D eigenvalue weighted by atomic mass is 10.1. The average Bonchev–Trinajstić information content (AvgIpc) is 2.36. The second kappa shape index (κ2) is 6.76. The molecular weight excluding hydrogens is 232 g/mol. The average molecular weight is 250 g/mol. The molecule has 1 aromatic rings. The number of carbonyl (C=O) groups is 2. The molecule has 3 N–H and O–H groups in total. The van der Waals surface area contributed by atoms with Gasteiger partial charge in [0.25, 0.3) is 5.91 Å². The third-order valence-corrected chi connectivity index (χ3v) is 2.40. The summed E-state index contributed by atoms with van der Waals surface area (Å²) in [5, 5.41) is 13.8. The van der Waals surface area contributed by atoms with Gasteiger partial charge in [-0.15, -0.1) is 0 Å². The maximum Gasteiger partial charge on any atom is 0.251 e. The summed E-state index contributed by atoms with van der Waals surface area (Å²) in [6.45, 7) is 3.39. The first-order valence-corrected chi connectivity index (χ1v) is 5.78. The lowest BCUT2D eigenvalue weighted by Crippen LogP contribution is -2.42. The molecule has 0 heterocycles. The van der Waals surface area contributed by atoms with Gasteiger partial charge in [0.1, 0.15) is 0 Å². The molecule has 0 bridgehead atoms. The Morgan fingerprint density at radius 1 is 1.28 bits per heavy atom. The number of nitrogens with one attached hydrogen (secondary N) is 2. The van der Waals surface area contributed by atoms with Crippen LogP contribution in [0.4, 0.5) is 0 Å². The van der Waals surface area contributed by atoms with Gasteiger partial charge in [0, 0.05) is 11.6 Å². The number of aliphatic hydroxyl groups excluding tert-OH is 1. The first-order chi connectivity index (χ1) is 8.52. The van der Waals surface area contributed by atoms with Crippen molar-refractivity contribution in [2.75, 3.05) is 13.2 Å². The lowest BCUT2D eigenvalue weighted by Gasteiger charge is -2.11. The highest BCUT2D eigenvalue weighted by atomic mass is 16.3. The van der Waals surface area contributed by atoms with Gasteiger partial charge in [-0.05, 0) is 26.0 Å². The normalized spacial score (nSPS) is 11.7. The summed E-state index contributed by atoms with van der Waals surface area (Å²) in [7, 11) is 0. The SMILES string of the molecule is Cc1ccc(C(=O)NCC(=O)NC(C)CO)cc1. The van der Waals surface area contributed by atoms with E-state index in [9.17, 15) is 9.59 Å². The zero-order valence-electron chi connectivity index (χ0n) is 10.6. The van der Waals surface area contributed by atoms with Crippen LogP contribution in [-0.4, -0.2) is 36.1 Å². The minimum absolute atomic E-state index is 0.100. The van der Waals surface area contributed by atoms with Gasteiger partial charge in [-0.1, -0.05) is 17.7 Å². The Morgan fingerprint density at radius 3 is 2.44 bits per heavy atom. The van der Waals surface area contributed by atoms with Gasteiger partial charge in [0.15, 0.2) is 0 Å². The van der Waals surface area contributed by atoms with Crippen LogP contribution in [0, 0.1) is 6.92 Å². The van der Waals surface area contributed by atoms with E-state index in [4.69, 9.17) is 5.11 Å². The Labute approximate surface area is 106 Å². The summed E-state index contributed by atoms with van der Waals surface area (Å²) < 4.78 is 0. The van der Waals surface area contributed by atoms with E-state index >= 15 is 0 Å². The minimum Gasteiger partial charge on any atom is -0.394 e. The third-order valence-electron chi connectivity index (χ3n) is 2.40. The Balaban J connectivity index is 2.41. The van der Waals surface area contributed by atoms with Crippen LogP contribution in [0.25, 0.3) is 0 Å². The number of amides is 2. The fourth-order valence-corrected chi connectivity index (χ4v) is 1.34. The van der Waals surface area contributed by atoms with Crippen LogP contribution in [0.2, 0.25) is 0 Å². The van der Waals surface area contributed by atoms with E-state index < -0.39 is 0 Å². The van der Waals surface area contributed by atoms with Crippen LogP contribution in [0.1, 0.15) is 22.8 Å². The summed E-state index contributed by atoms with van der Waals surface area (Å²) in [6.07, 6.45) is 0. The fourth-order valence-electron chi connectivity index (χ4n) is 1.34. The molecule has 0 aromatic heterocycles. The summed E-state index contributed by atoms with van der Waals surface area (Å²) in [5.74, 6) is -0.612. The number of carbonyl (C=O) groups excluding carboxylic acids is 2. The smallest absolute Gasteiger partial charge is 0.251 e. The zero-order valence-corrected chi connectivity index (χ0v) is 10.6. The highest BCUT2D eigenvalue weighted by Crippen LogP contribution is 2.02. The Hall–Kier alpha value is -1.88. The molecule has 1 unspecified atom stereocenters. The minimum atomic E-state index is -0.322. The number of rotatable bonds is 5. The van der Waals surface area contributed by atoms with E-state index in [2.05, 4.69) is 10.6 Å². The third kappa shape index (κ3) is 4.55. The van der Waals surface area contributed by atoms with Gasteiger partial charge in [-0.25, -0.2) is 0 Å². The number of benzene rings is 1. The van der Waals surface area contributed by atoms with Crippen molar-refractivity contribution in [3.05, 3.63) is 35.4 Å². The molecule has 1 atom stereocenters. The molecule has 0 saturated carbocycles. The molecule has 5 nitrogen and oxygen atoms in total. The summed E-state index contributed by atoms with van der Waals surface area (Å²) >= 11 is 0. The van der Waals surface area contributed by atoms with E-state index in [1.165, 1.54) is 0 Å². The molecule has 0 saturated heterocycles. The predicted octanol–water partition coefficient (Wildman–Crippen LogP) is 0.222. The van der Waals surface area contributed by atoms with Crippen molar-refractivity contribution in [1.29, 1.82) is 0 Å². The second-order valence-electron chi connectivity index (χ2n) is 4.20. The molecule has 1 aromatic carbocycles. The molecule has 1 rings (SSSR count). The quantitative estimate of drug-likeness (QED) is 0.699. The van der Waals surface area contributed by atoms with E-state index in [1.54, 1.807) is 19.1 Å². The number of hydrogen-bond donors (Lipinski definition) is 3. The maximum atomic E-state index is 11.7. The van der Waals surface area contributed by atoms with Gasteiger partial charge in [-0.2, -0.15) is 0 Å². The van der Waals surface area contributed by atoms with Crippen LogP contribution < -0.4 is 10.6 Å². The summed E-state index contributed by atoms with van der Waals surface area (Å²) in [4.78, 5) is 23.0. The van der Waals surface area contributed by atoms with Gasteiger partial charge in [-0.3, -0.25) is 9.59 Å². The Bertz CT molecular complexity index is 415. The number of aliphatic hydroxyl groups is 1. The molecule has 0 radical (unpaired) electrons. The topological polar surface area (TPSA) is 78.4 Å². The molecule has 2 amide bonds. The molecule has 0 aliphatic rings. The van der Waals surface area contributed by atoms with Crippen molar-refractivity contribution in [2.45, 2.75) is 19.9 Å². The molecule has 5 heteroatoms. The van der Waals surface area contributed by atoms with Crippen molar-refractivity contribution in [3.8, 4) is 0 Å². The monoisotopic (exact) mass is 250 g/mol. The molecule has 0 spiro atoms. The number of aryl methyl sites for hydroxylation is 1. The predicted molar refractivity (Wildman–Crippen MR) is 68.2 cm³/mol. The highest BCUT2D eigenvalue weighted by Gasteiger charge is 2.09. The van der Waals surface area contributed by atoms with Crippen LogP contribution in [-0.2, 0) is 4.79 Å². The largest absolute Gasteiger partial charge is 0.394 e. The van der Waals surface area contributed by atoms with E-state index in [0.717, 1.165) is 5.56 Å². The van der Waals surface area contributed by atoms with Crippen molar-refractivity contribution in [2.24, 2.45) is 0 Å². The summed E-state index contributed by atoms with van der Waals surface area (Å²) in [6, 6.07) is 6.78. The van der Waals surface area contributed by atoms with Gasteiger partial charge >= 0.3 is 0 Å². The zero-order chi connectivity index (χ0) is 13.5.